The maximum atomic E-state index is 11.6. The third-order valence-electron chi connectivity index (χ3n) is 2.10. The van der Waals surface area contributed by atoms with Crippen LogP contribution in [0.3, 0.4) is 0 Å². The van der Waals surface area contributed by atoms with Gasteiger partial charge in [0.25, 0.3) is 0 Å². The first-order valence-electron chi connectivity index (χ1n) is 7.49. The summed E-state index contributed by atoms with van der Waals surface area (Å²) in [6.45, 7) is 19.8. The second-order valence-electron chi connectivity index (χ2n) is 4.58. The summed E-state index contributed by atoms with van der Waals surface area (Å²) in [7, 11) is 0. The molecule has 1 amide bonds. The average molecular weight is 282 g/mol. The predicted octanol–water partition coefficient (Wildman–Crippen LogP) is 4.75. The van der Waals surface area contributed by atoms with E-state index in [1.54, 1.807) is 6.21 Å². The predicted molar refractivity (Wildman–Crippen MR) is 92.2 cm³/mol. The van der Waals surface area contributed by atoms with Gasteiger partial charge in [0, 0.05) is 24.4 Å². The topological polar surface area (TPSA) is 41.5 Å². The summed E-state index contributed by atoms with van der Waals surface area (Å²) >= 11 is 0. The first kappa shape index (κ1) is 23.7. The first-order valence-corrected chi connectivity index (χ1v) is 7.49. The highest BCUT2D eigenvalue weighted by atomic mass is 16.2. The number of amides is 1. The fraction of sp³-hybridized carbons (Fsp3) is 0.647. The highest BCUT2D eigenvalue weighted by molar-refractivity contribution is 5.82. The number of allylic oxidation sites excluding steroid dienone is 1. The minimum Gasteiger partial charge on any atom is -0.355 e. The number of carbonyl (C=O) groups is 1. The van der Waals surface area contributed by atoms with Crippen LogP contribution in [0.15, 0.2) is 29.4 Å². The molecule has 1 N–H and O–H groups in total. The Morgan fingerprint density at radius 1 is 1.20 bits per heavy atom. The van der Waals surface area contributed by atoms with Crippen LogP contribution in [-0.4, -0.2) is 18.7 Å². The molecule has 0 aliphatic rings. The lowest BCUT2D eigenvalue weighted by Gasteiger charge is -2.17. The van der Waals surface area contributed by atoms with Gasteiger partial charge in [0.15, 0.2) is 0 Å². The van der Waals surface area contributed by atoms with Crippen molar-refractivity contribution in [2.45, 2.75) is 61.8 Å². The van der Waals surface area contributed by atoms with Gasteiger partial charge in [-0.2, -0.15) is 0 Å². The zero-order chi connectivity index (χ0) is 16.6. The number of hydrogen-bond acceptors (Lipinski definition) is 2. The van der Waals surface area contributed by atoms with Crippen molar-refractivity contribution in [3.63, 3.8) is 0 Å². The molecular formula is C17H34N2O. The van der Waals surface area contributed by atoms with E-state index in [1.807, 2.05) is 61.5 Å². The van der Waals surface area contributed by atoms with E-state index < -0.39 is 0 Å². The summed E-state index contributed by atoms with van der Waals surface area (Å²) in [5.41, 5.74) is 0.764. The van der Waals surface area contributed by atoms with E-state index in [9.17, 15) is 4.79 Å². The fourth-order valence-electron chi connectivity index (χ4n) is 1.02. The SMILES string of the molecule is C=CN=C/C(=C\C)CCNC(=O)C(C)(C)C.CC.CC. The van der Waals surface area contributed by atoms with Crippen LogP contribution >= 0.6 is 0 Å². The van der Waals surface area contributed by atoms with Crippen LogP contribution in [0.2, 0.25) is 0 Å². The second kappa shape index (κ2) is 15.7. The summed E-state index contributed by atoms with van der Waals surface area (Å²) in [6, 6.07) is 0. The van der Waals surface area contributed by atoms with Crippen LogP contribution in [0.5, 0.6) is 0 Å². The molecule has 0 aliphatic heterocycles. The van der Waals surface area contributed by atoms with Crippen molar-refractivity contribution in [1.82, 2.24) is 5.32 Å². The fourth-order valence-corrected chi connectivity index (χ4v) is 1.02. The zero-order valence-corrected chi connectivity index (χ0v) is 14.7. The minimum atomic E-state index is -0.328. The molecule has 118 valence electrons. The Bertz CT molecular complexity index is 297. The molecule has 0 saturated heterocycles. The molecule has 0 radical (unpaired) electrons. The average Bonchev–Trinajstić information content (AvgIpc) is 2.45. The van der Waals surface area contributed by atoms with Gasteiger partial charge in [0.1, 0.15) is 0 Å². The molecule has 0 aromatic rings. The van der Waals surface area contributed by atoms with Crippen molar-refractivity contribution in [2.24, 2.45) is 10.4 Å². The molecule has 0 rings (SSSR count). The van der Waals surface area contributed by atoms with E-state index in [2.05, 4.69) is 16.9 Å². The van der Waals surface area contributed by atoms with Crippen molar-refractivity contribution in [3.05, 3.63) is 24.4 Å². The third kappa shape index (κ3) is 14.7. The van der Waals surface area contributed by atoms with Gasteiger partial charge in [-0.3, -0.25) is 9.79 Å². The van der Waals surface area contributed by atoms with Gasteiger partial charge in [-0.05, 0) is 18.9 Å². The van der Waals surface area contributed by atoms with Crippen LogP contribution < -0.4 is 5.32 Å². The molecule has 20 heavy (non-hydrogen) atoms. The zero-order valence-electron chi connectivity index (χ0n) is 14.7. The van der Waals surface area contributed by atoms with E-state index in [-0.39, 0.29) is 11.3 Å². The highest BCUT2D eigenvalue weighted by Crippen LogP contribution is 2.12. The Balaban J connectivity index is -0.000000656. The molecule has 3 heteroatoms. The van der Waals surface area contributed by atoms with Gasteiger partial charge in [0.2, 0.25) is 5.91 Å². The van der Waals surface area contributed by atoms with Gasteiger partial charge in [-0.15, -0.1) is 0 Å². The molecule has 0 fully saturated rings. The van der Waals surface area contributed by atoms with Crippen molar-refractivity contribution >= 4 is 12.1 Å². The molecular weight excluding hydrogens is 248 g/mol. The van der Waals surface area contributed by atoms with E-state index >= 15 is 0 Å². The van der Waals surface area contributed by atoms with E-state index in [4.69, 9.17) is 0 Å². The maximum Gasteiger partial charge on any atom is 0.225 e. The van der Waals surface area contributed by atoms with Gasteiger partial charge in [-0.1, -0.05) is 61.1 Å². The molecule has 0 heterocycles. The molecule has 0 bridgehead atoms. The Kier molecular flexibility index (Phi) is 18.6. The molecule has 0 spiro atoms. The number of nitrogens with one attached hydrogen (secondary N) is 1. The van der Waals surface area contributed by atoms with Crippen LogP contribution in [0.4, 0.5) is 0 Å². The highest BCUT2D eigenvalue weighted by Gasteiger charge is 2.20. The Hall–Kier alpha value is -1.38. The standard InChI is InChI=1S/C13H22N2O.2C2H6/c1-6-11(10-14-7-2)8-9-15-12(16)13(3,4)5;2*1-2/h6-7,10H,2,8-9H2,1,3-5H3,(H,15,16);2*1-2H3/b11-6-,14-10?;;. The van der Waals surface area contributed by atoms with E-state index in [0.717, 1.165) is 12.0 Å². The van der Waals surface area contributed by atoms with Gasteiger partial charge in [0.05, 0.1) is 0 Å². The van der Waals surface area contributed by atoms with Crippen molar-refractivity contribution in [2.75, 3.05) is 6.54 Å². The van der Waals surface area contributed by atoms with Crippen molar-refractivity contribution < 1.29 is 4.79 Å². The van der Waals surface area contributed by atoms with Crippen LogP contribution in [0.25, 0.3) is 0 Å². The normalized spacial score (nSPS) is 10.9. The number of nitrogens with zero attached hydrogens (tertiary/aromatic N) is 1. The van der Waals surface area contributed by atoms with Gasteiger partial charge < -0.3 is 5.32 Å². The Morgan fingerprint density at radius 3 is 2.05 bits per heavy atom. The van der Waals surface area contributed by atoms with Crippen LogP contribution in [0, 0.1) is 5.41 Å². The number of carbonyl (C=O) groups excluding carboxylic acids is 1. The number of aliphatic imine (C=N–C) groups is 1. The summed E-state index contributed by atoms with van der Waals surface area (Å²) in [5, 5.41) is 2.90. The van der Waals surface area contributed by atoms with E-state index in [0.29, 0.717) is 6.54 Å². The largest absolute Gasteiger partial charge is 0.355 e. The van der Waals surface area contributed by atoms with E-state index in [1.165, 1.54) is 6.20 Å². The molecule has 0 atom stereocenters. The molecule has 3 nitrogen and oxygen atoms in total. The number of rotatable bonds is 5. The summed E-state index contributed by atoms with van der Waals surface area (Å²) in [5.74, 6) is 0.0728. The van der Waals surface area contributed by atoms with Crippen molar-refractivity contribution in [3.8, 4) is 0 Å². The lowest BCUT2D eigenvalue weighted by atomic mass is 9.95. The third-order valence-corrected chi connectivity index (χ3v) is 2.10. The smallest absolute Gasteiger partial charge is 0.225 e. The monoisotopic (exact) mass is 282 g/mol. The Labute approximate surface area is 126 Å². The van der Waals surface area contributed by atoms with Crippen LogP contribution in [-0.2, 0) is 4.79 Å². The summed E-state index contributed by atoms with van der Waals surface area (Å²) < 4.78 is 0. The quantitative estimate of drug-likeness (QED) is 0.726. The lowest BCUT2D eigenvalue weighted by Crippen LogP contribution is -2.35. The molecule has 0 aromatic heterocycles. The van der Waals surface area contributed by atoms with Crippen LogP contribution in [0.1, 0.15) is 61.8 Å². The minimum absolute atomic E-state index is 0.0728. The summed E-state index contributed by atoms with van der Waals surface area (Å²) in [4.78, 5) is 15.5. The van der Waals surface area contributed by atoms with Gasteiger partial charge >= 0.3 is 0 Å². The molecule has 0 saturated carbocycles. The molecule has 0 aromatic carbocycles. The lowest BCUT2D eigenvalue weighted by molar-refractivity contribution is -0.128. The summed E-state index contributed by atoms with van der Waals surface area (Å²) in [6.07, 6.45) is 6.03. The second-order valence-corrected chi connectivity index (χ2v) is 4.58. The maximum absolute atomic E-state index is 11.6. The molecule has 0 unspecified atom stereocenters. The Morgan fingerprint density at radius 2 is 1.70 bits per heavy atom. The van der Waals surface area contributed by atoms with Gasteiger partial charge in [-0.25, -0.2) is 0 Å². The first-order chi connectivity index (χ1) is 9.41. The number of hydrogen-bond donors (Lipinski definition) is 1. The molecule has 0 aliphatic carbocycles. The van der Waals surface area contributed by atoms with Crippen molar-refractivity contribution in [1.29, 1.82) is 0 Å².